The molecule has 0 N–H and O–H groups in total. The van der Waals surface area contributed by atoms with Crippen molar-refractivity contribution < 1.29 is 4.74 Å². The van der Waals surface area contributed by atoms with Crippen molar-refractivity contribution in [3.63, 3.8) is 0 Å². The second-order valence-corrected chi connectivity index (χ2v) is 7.36. The van der Waals surface area contributed by atoms with Gasteiger partial charge in [-0.3, -0.25) is 0 Å². The van der Waals surface area contributed by atoms with E-state index in [9.17, 15) is 0 Å². The van der Waals surface area contributed by atoms with E-state index in [2.05, 4.69) is 21.3 Å². The number of aromatic nitrogens is 3. The highest BCUT2D eigenvalue weighted by atomic mass is 32.2. The lowest BCUT2D eigenvalue weighted by molar-refractivity contribution is 0.0315. The van der Waals surface area contributed by atoms with Gasteiger partial charge in [0.1, 0.15) is 5.82 Å². The molecule has 0 aromatic carbocycles. The van der Waals surface area contributed by atoms with Gasteiger partial charge in [-0.15, -0.1) is 16.8 Å². The Bertz CT molecular complexity index is 476. The van der Waals surface area contributed by atoms with Gasteiger partial charge >= 0.3 is 0 Å². The Morgan fingerprint density at radius 2 is 1.95 bits per heavy atom. The molecule has 1 aromatic rings. The summed E-state index contributed by atoms with van der Waals surface area (Å²) in [5, 5.41) is 10.0. The zero-order valence-corrected chi connectivity index (χ0v) is 14.2. The molecule has 1 aromatic heterocycles. The van der Waals surface area contributed by atoms with E-state index in [0.29, 0.717) is 12.0 Å². The smallest absolute Gasteiger partial charge is 0.191 e. The van der Waals surface area contributed by atoms with Crippen LogP contribution in [0.3, 0.4) is 0 Å². The molecule has 5 heteroatoms. The Morgan fingerprint density at radius 1 is 1.14 bits per heavy atom. The van der Waals surface area contributed by atoms with Crippen molar-refractivity contribution >= 4 is 11.8 Å². The first kappa shape index (κ1) is 16.1. The first-order chi connectivity index (χ1) is 10.9. The van der Waals surface area contributed by atoms with Gasteiger partial charge in [0.05, 0.1) is 6.10 Å². The van der Waals surface area contributed by atoms with Crippen molar-refractivity contribution in [2.45, 2.75) is 75.1 Å². The predicted octanol–water partition coefficient (Wildman–Crippen LogP) is 4.17. The third kappa shape index (κ3) is 3.93. The standard InChI is InChI=1S/C17H27N3OS/c1-2-11-20-16(14-8-4-3-5-9-14)18-19-17(20)22-13-15-10-6-7-12-21-15/h2,14-15H,1,3-13H2/t15-/m0/s1. The van der Waals surface area contributed by atoms with Crippen LogP contribution >= 0.6 is 11.8 Å². The first-order valence-electron chi connectivity index (χ1n) is 8.67. The van der Waals surface area contributed by atoms with Gasteiger partial charge in [-0.05, 0) is 32.1 Å². The summed E-state index contributed by atoms with van der Waals surface area (Å²) in [5.41, 5.74) is 0. The Labute approximate surface area is 137 Å². The maximum Gasteiger partial charge on any atom is 0.191 e. The summed E-state index contributed by atoms with van der Waals surface area (Å²) < 4.78 is 8.10. The molecular weight excluding hydrogens is 294 g/mol. The zero-order chi connectivity index (χ0) is 15.2. The molecule has 2 heterocycles. The third-order valence-electron chi connectivity index (χ3n) is 4.70. The van der Waals surface area contributed by atoms with E-state index in [4.69, 9.17) is 4.74 Å². The fourth-order valence-corrected chi connectivity index (χ4v) is 4.50. The maximum absolute atomic E-state index is 5.82. The van der Waals surface area contributed by atoms with Crippen LogP contribution in [0.2, 0.25) is 0 Å². The lowest BCUT2D eigenvalue weighted by Gasteiger charge is -2.23. The number of rotatable bonds is 6. The van der Waals surface area contributed by atoms with Crippen LogP contribution < -0.4 is 0 Å². The zero-order valence-electron chi connectivity index (χ0n) is 13.4. The molecule has 2 aliphatic rings. The van der Waals surface area contributed by atoms with Gasteiger partial charge in [-0.1, -0.05) is 37.1 Å². The van der Waals surface area contributed by atoms with Crippen LogP contribution in [0.4, 0.5) is 0 Å². The molecule has 1 saturated carbocycles. The summed E-state index contributed by atoms with van der Waals surface area (Å²) in [4.78, 5) is 0. The van der Waals surface area contributed by atoms with E-state index in [-0.39, 0.29) is 0 Å². The molecule has 0 spiro atoms. The van der Waals surface area contributed by atoms with Crippen LogP contribution in [0.1, 0.15) is 63.1 Å². The van der Waals surface area contributed by atoms with Crippen LogP contribution in [-0.2, 0) is 11.3 Å². The van der Waals surface area contributed by atoms with Crippen molar-refractivity contribution in [1.82, 2.24) is 14.8 Å². The number of thioether (sulfide) groups is 1. The fraction of sp³-hybridized carbons (Fsp3) is 0.765. The van der Waals surface area contributed by atoms with Crippen molar-refractivity contribution in [1.29, 1.82) is 0 Å². The predicted molar refractivity (Wildman–Crippen MR) is 90.4 cm³/mol. The van der Waals surface area contributed by atoms with E-state index in [1.165, 1.54) is 57.2 Å². The quantitative estimate of drug-likeness (QED) is 0.582. The van der Waals surface area contributed by atoms with E-state index >= 15 is 0 Å². The topological polar surface area (TPSA) is 39.9 Å². The minimum Gasteiger partial charge on any atom is -0.377 e. The molecule has 1 atom stereocenters. The van der Waals surface area contributed by atoms with E-state index in [1.54, 1.807) is 11.8 Å². The molecule has 122 valence electrons. The Balaban J connectivity index is 1.67. The lowest BCUT2D eigenvalue weighted by atomic mass is 9.89. The normalized spacial score (nSPS) is 23.5. The minimum atomic E-state index is 0.380. The molecule has 4 nitrogen and oxygen atoms in total. The number of nitrogens with zero attached hydrogens (tertiary/aromatic N) is 3. The fourth-order valence-electron chi connectivity index (χ4n) is 3.48. The van der Waals surface area contributed by atoms with Crippen LogP contribution in [0.5, 0.6) is 0 Å². The van der Waals surface area contributed by atoms with Crippen molar-refractivity contribution in [2.24, 2.45) is 0 Å². The van der Waals surface area contributed by atoms with E-state index < -0.39 is 0 Å². The van der Waals surface area contributed by atoms with Gasteiger partial charge in [0.2, 0.25) is 0 Å². The number of hydrogen-bond donors (Lipinski definition) is 0. The molecule has 3 rings (SSSR count). The summed E-state index contributed by atoms with van der Waals surface area (Å²) >= 11 is 1.79. The number of allylic oxidation sites excluding steroid dienone is 1. The summed E-state index contributed by atoms with van der Waals surface area (Å²) in [6.07, 6.45) is 12.5. The summed E-state index contributed by atoms with van der Waals surface area (Å²) in [7, 11) is 0. The maximum atomic E-state index is 5.82. The first-order valence-corrected chi connectivity index (χ1v) is 9.65. The van der Waals surface area contributed by atoms with Crippen molar-refractivity contribution in [3.8, 4) is 0 Å². The van der Waals surface area contributed by atoms with Crippen molar-refractivity contribution in [3.05, 3.63) is 18.5 Å². The number of ether oxygens (including phenoxy) is 1. The van der Waals surface area contributed by atoms with Crippen LogP contribution in [0.25, 0.3) is 0 Å². The van der Waals surface area contributed by atoms with E-state index in [0.717, 1.165) is 24.1 Å². The average Bonchev–Trinajstić information content (AvgIpc) is 2.98. The van der Waals surface area contributed by atoms with Gasteiger partial charge in [0.25, 0.3) is 0 Å². The Kier molecular flexibility index (Phi) is 5.96. The lowest BCUT2D eigenvalue weighted by Crippen LogP contribution is -2.21. The number of hydrogen-bond acceptors (Lipinski definition) is 4. The van der Waals surface area contributed by atoms with Gasteiger partial charge in [-0.2, -0.15) is 0 Å². The van der Waals surface area contributed by atoms with E-state index in [1.807, 2.05) is 6.08 Å². The minimum absolute atomic E-state index is 0.380. The molecule has 1 aliphatic carbocycles. The van der Waals surface area contributed by atoms with Gasteiger partial charge < -0.3 is 9.30 Å². The highest BCUT2D eigenvalue weighted by molar-refractivity contribution is 7.99. The van der Waals surface area contributed by atoms with Gasteiger partial charge in [0, 0.05) is 24.8 Å². The third-order valence-corrected chi connectivity index (χ3v) is 5.80. The SMILES string of the molecule is C=CCn1c(SC[C@@H]2CCCCO2)nnc1C1CCCCC1. The van der Waals surface area contributed by atoms with Gasteiger partial charge in [-0.25, -0.2) is 0 Å². The molecule has 0 radical (unpaired) electrons. The molecule has 0 bridgehead atoms. The second-order valence-electron chi connectivity index (χ2n) is 6.37. The molecule has 1 saturated heterocycles. The van der Waals surface area contributed by atoms with Gasteiger partial charge in [0.15, 0.2) is 5.16 Å². The molecule has 0 unspecified atom stereocenters. The summed E-state index contributed by atoms with van der Waals surface area (Å²) in [5.74, 6) is 2.74. The highest BCUT2D eigenvalue weighted by Gasteiger charge is 2.23. The van der Waals surface area contributed by atoms with Crippen LogP contribution in [-0.4, -0.2) is 33.2 Å². The summed E-state index contributed by atoms with van der Waals surface area (Å²) in [6.45, 7) is 5.63. The molecular formula is C17H27N3OS. The highest BCUT2D eigenvalue weighted by Crippen LogP contribution is 2.33. The Morgan fingerprint density at radius 3 is 2.68 bits per heavy atom. The largest absolute Gasteiger partial charge is 0.377 e. The second kappa shape index (κ2) is 8.16. The monoisotopic (exact) mass is 321 g/mol. The van der Waals surface area contributed by atoms with Crippen LogP contribution in [0, 0.1) is 0 Å². The molecule has 22 heavy (non-hydrogen) atoms. The van der Waals surface area contributed by atoms with Crippen LogP contribution in [0.15, 0.2) is 17.8 Å². The molecule has 0 amide bonds. The summed E-state index contributed by atoms with van der Waals surface area (Å²) in [6, 6.07) is 0. The average molecular weight is 321 g/mol. The molecule has 2 fully saturated rings. The molecule has 1 aliphatic heterocycles. The Hall–Kier alpha value is -0.810. The van der Waals surface area contributed by atoms with Crippen molar-refractivity contribution in [2.75, 3.05) is 12.4 Å².